The number of nitrogen functional groups attached to an aromatic ring is 1. The fourth-order valence-corrected chi connectivity index (χ4v) is 4.06. The van der Waals surface area contributed by atoms with Gasteiger partial charge >= 0.3 is 0 Å². The Hall–Kier alpha value is -3.88. The summed E-state index contributed by atoms with van der Waals surface area (Å²) in [5, 5.41) is 22.1. The van der Waals surface area contributed by atoms with Gasteiger partial charge in [0.15, 0.2) is 0 Å². The lowest BCUT2D eigenvalue weighted by Gasteiger charge is -2.17. The van der Waals surface area contributed by atoms with Crippen LogP contribution in [0, 0.1) is 29.6 Å². The number of carbonyl (C=O) groups is 1. The molecule has 8 heteroatoms. The maximum atomic E-state index is 12.9. The zero-order valence-electron chi connectivity index (χ0n) is 17.1. The molecule has 0 aliphatic rings. The van der Waals surface area contributed by atoms with Crippen molar-refractivity contribution in [2.24, 2.45) is 0 Å². The number of aryl methyl sites for hydroxylation is 1. The van der Waals surface area contributed by atoms with Crippen LogP contribution in [0.1, 0.15) is 30.0 Å². The Morgan fingerprint density at radius 3 is 2.52 bits per heavy atom. The number of anilines is 2. The number of benzene rings is 1. The van der Waals surface area contributed by atoms with Crippen LogP contribution in [0.15, 0.2) is 53.7 Å². The molecule has 0 aliphatic heterocycles. The fraction of sp³-hybridized carbons (Fsp3) is 0.174. The molecule has 154 valence electrons. The van der Waals surface area contributed by atoms with E-state index >= 15 is 0 Å². The number of pyridine rings is 2. The predicted molar refractivity (Wildman–Crippen MR) is 121 cm³/mol. The molecule has 1 amide bonds. The summed E-state index contributed by atoms with van der Waals surface area (Å²) in [5.41, 5.74) is 8.52. The van der Waals surface area contributed by atoms with Crippen LogP contribution < -0.4 is 11.1 Å². The molecule has 0 bridgehead atoms. The Kier molecular flexibility index (Phi) is 6.86. The number of nitrogens with zero attached hydrogens (tertiary/aromatic N) is 4. The maximum Gasteiger partial charge on any atom is 0.239 e. The molecule has 1 aromatic carbocycles. The monoisotopic (exact) mass is 428 g/mol. The number of nitriles is 2. The number of hydrogen-bond donors (Lipinski definition) is 2. The second-order valence-electron chi connectivity index (χ2n) is 6.74. The minimum atomic E-state index is -0.530. The van der Waals surface area contributed by atoms with E-state index in [1.54, 1.807) is 24.4 Å². The maximum absolute atomic E-state index is 12.9. The first kappa shape index (κ1) is 21.8. The molecule has 0 radical (unpaired) electrons. The van der Waals surface area contributed by atoms with Gasteiger partial charge in [0.25, 0.3) is 0 Å². The van der Waals surface area contributed by atoms with Crippen molar-refractivity contribution in [1.82, 2.24) is 9.97 Å². The predicted octanol–water partition coefficient (Wildman–Crippen LogP) is 4.29. The van der Waals surface area contributed by atoms with Crippen LogP contribution in [-0.4, -0.2) is 21.1 Å². The first-order chi connectivity index (χ1) is 15.0. The number of carbonyl (C=O) groups excluding carboxylic acids is 1. The number of thioether (sulfide) groups is 1. The van der Waals surface area contributed by atoms with Gasteiger partial charge in [0, 0.05) is 11.8 Å². The van der Waals surface area contributed by atoms with Crippen LogP contribution >= 0.6 is 11.8 Å². The third-order valence-electron chi connectivity index (χ3n) is 4.56. The molecular formula is C23H20N6OS. The zero-order chi connectivity index (χ0) is 22.4. The van der Waals surface area contributed by atoms with Crippen molar-refractivity contribution in [3.63, 3.8) is 0 Å². The molecule has 7 nitrogen and oxygen atoms in total. The summed E-state index contributed by atoms with van der Waals surface area (Å²) < 4.78 is 0. The molecular weight excluding hydrogens is 408 g/mol. The summed E-state index contributed by atoms with van der Waals surface area (Å²) >= 11 is 1.15. The summed E-state index contributed by atoms with van der Waals surface area (Å²) in [6, 6.07) is 16.9. The summed E-state index contributed by atoms with van der Waals surface area (Å²) in [6.45, 7) is 3.79. The third kappa shape index (κ3) is 4.82. The molecule has 3 rings (SSSR count). The molecule has 2 heterocycles. The molecule has 1 atom stereocenters. The zero-order valence-corrected chi connectivity index (χ0v) is 17.9. The van der Waals surface area contributed by atoms with Crippen molar-refractivity contribution in [1.29, 1.82) is 10.5 Å². The molecule has 3 N–H and O–H groups in total. The molecule has 31 heavy (non-hydrogen) atoms. The van der Waals surface area contributed by atoms with E-state index in [0.717, 1.165) is 17.3 Å². The molecule has 1 unspecified atom stereocenters. The van der Waals surface area contributed by atoms with Crippen molar-refractivity contribution in [2.45, 2.75) is 30.5 Å². The molecule has 0 saturated carbocycles. The highest BCUT2D eigenvalue weighted by molar-refractivity contribution is 8.00. The van der Waals surface area contributed by atoms with E-state index in [1.165, 1.54) is 0 Å². The average Bonchev–Trinajstić information content (AvgIpc) is 2.77. The SMILES string of the molecule is CCC(Sc1nc(N)c(C#N)c(-c2ccccc2)c1C#N)C(=O)Nc1cc(C)ccn1. The molecule has 0 saturated heterocycles. The highest BCUT2D eigenvalue weighted by Crippen LogP contribution is 2.37. The summed E-state index contributed by atoms with van der Waals surface area (Å²) in [7, 11) is 0. The molecule has 3 aromatic rings. The van der Waals surface area contributed by atoms with Crippen molar-refractivity contribution in [3.05, 3.63) is 65.4 Å². The Bertz CT molecular complexity index is 1200. The van der Waals surface area contributed by atoms with Gasteiger partial charge in [-0.05, 0) is 36.6 Å². The number of hydrogen-bond acceptors (Lipinski definition) is 7. The second kappa shape index (κ2) is 9.75. The summed E-state index contributed by atoms with van der Waals surface area (Å²) in [4.78, 5) is 21.3. The Labute approximate surface area is 184 Å². The lowest BCUT2D eigenvalue weighted by molar-refractivity contribution is -0.115. The molecule has 0 spiro atoms. The van der Waals surface area contributed by atoms with Crippen LogP contribution in [0.4, 0.5) is 11.6 Å². The van der Waals surface area contributed by atoms with Crippen LogP contribution in [0.25, 0.3) is 11.1 Å². The summed E-state index contributed by atoms with van der Waals surface area (Å²) in [6.07, 6.45) is 2.12. The van der Waals surface area contributed by atoms with E-state index in [2.05, 4.69) is 27.4 Å². The third-order valence-corrected chi connectivity index (χ3v) is 5.91. The van der Waals surface area contributed by atoms with Crippen LogP contribution in [0.2, 0.25) is 0 Å². The van der Waals surface area contributed by atoms with E-state index in [9.17, 15) is 15.3 Å². The number of nitrogens with two attached hydrogens (primary N) is 1. The van der Waals surface area contributed by atoms with Gasteiger partial charge in [0.1, 0.15) is 34.4 Å². The van der Waals surface area contributed by atoms with E-state index < -0.39 is 5.25 Å². The highest BCUT2D eigenvalue weighted by Gasteiger charge is 2.25. The van der Waals surface area contributed by atoms with Crippen LogP contribution in [0.3, 0.4) is 0 Å². The highest BCUT2D eigenvalue weighted by atomic mass is 32.2. The quantitative estimate of drug-likeness (QED) is 0.560. The van der Waals surface area contributed by atoms with Gasteiger partial charge < -0.3 is 11.1 Å². The Morgan fingerprint density at radius 2 is 1.90 bits per heavy atom. The number of rotatable bonds is 6. The minimum Gasteiger partial charge on any atom is -0.383 e. The van der Waals surface area contributed by atoms with Gasteiger partial charge in [-0.15, -0.1) is 0 Å². The van der Waals surface area contributed by atoms with Gasteiger partial charge in [0.2, 0.25) is 5.91 Å². The minimum absolute atomic E-state index is 0.0264. The summed E-state index contributed by atoms with van der Waals surface area (Å²) in [5.74, 6) is 0.237. The number of amides is 1. The largest absolute Gasteiger partial charge is 0.383 e. The Balaban J connectivity index is 2.00. The average molecular weight is 429 g/mol. The van der Waals surface area contributed by atoms with Gasteiger partial charge in [0.05, 0.1) is 10.8 Å². The Morgan fingerprint density at radius 1 is 1.19 bits per heavy atom. The number of nitrogens with one attached hydrogen (secondary N) is 1. The fourth-order valence-electron chi connectivity index (χ4n) is 3.05. The van der Waals surface area contributed by atoms with Crippen molar-refractivity contribution in [3.8, 4) is 23.3 Å². The number of aromatic nitrogens is 2. The lowest BCUT2D eigenvalue weighted by atomic mass is 9.97. The molecule has 2 aromatic heterocycles. The van der Waals surface area contributed by atoms with Crippen molar-refractivity contribution >= 4 is 29.3 Å². The van der Waals surface area contributed by atoms with Gasteiger partial charge in [-0.25, -0.2) is 9.97 Å². The lowest BCUT2D eigenvalue weighted by Crippen LogP contribution is -2.25. The van der Waals surface area contributed by atoms with Gasteiger partial charge in [-0.2, -0.15) is 10.5 Å². The van der Waals surface area contributed by atoms with Crippen LogP contribution in [-0.2, 0) is 4.79 Å². The van der Waals surface area contributed by atoms with Gasteiger partial charge in [-0.1, -0.05) is 49.0 Å². The van der Waals surface area contributed by atoms with Crippen LogP contribution in [0.5, 0.6) is 0 Å². The van der Waals surface area contributed by atoms with Crippen molar-refractivity contribution < 1.29 is 4.79 Å². The second-order valence-corrected chi connectivity index (χ2v) is 7.93. The molecule has 0 aliphatic carbocycles. The first-order valence-electron chi connectivity index (χ1n) is 9.57. The normalized spacial score (nSPS) is 11.2. The van der Waals surface area contributed by atoms with E-state index in [4.69, 9.17) is 5.73 Å². The first-order valence-corrected chi connectivity index (χ1v) is 10.5. The van der Waals surface area contributed by atoms with E-state index in [0.29, 0.717) is 28.4 Å². The van der Waals surface area contributed by atoms with Gasteiger partial charge in [-0.3, -0.25) is 4.79 Å². The smallest absolute Gasteiger partial charge is 0.239 e. The van der Waals surface area contributed by atoms with E-state index in [-0.39, 0.29) is 22.9 Å². The van der Waals surface area contributed by atoms with E-state index in [1.807, 2.05) is 38.1 Å². The topological polar surface area (TPSA) is 128 Å². The van der Waals surface area contributed by atoms with Crippen molar-refractivity contribution in [2.75, 3.05) is 11.1 Å². The molecule has 0 fully saturated rings. The standard InChI is InChI=1S/C23H20N6OS/c1-3-18(22(30)28-19-11-14(2)9-10-27-19)31-23-17(13-25)20(15-7-5-4-6-8-15)16(12-24)21(26)29-23/h4-11,18H,3H2,1-2H3,(H2,26,29)(H,27,28,30).